The normalized spacial score (nSPS) is 23.2. The van der Waals surface area contributed by atoms with Gasteiger partial charge in [0.05, 0.1) is 30.4 Å². The maximum atomic E-state index is 12.7. The number of hydrogen-bond acceptors (Lipinski definition) is 5. The number of anilines is 1. The van der Waals surface area contributed by atoms with E-state index in [1.165, 1.54) is 12.0 Å². The summed E-state index contributed by atoms with van der Waals surface area (Å²) in [4.78, 5) is 40.4. The molecule has 1 aromatic carbocycles. The third kappa shape index (κ3) is 3.37. The van der Waals surface area contributed by atoms with Crippen molar-refractivity contribution < 1.29 is 23.9 Å². The minimum absolute atomic E-state index is 0.0223. The van der Waals surface area contributed by atoms with Crippen LogP contribution in [-0.2, 0) is 19.1 Å². The lowest BCUT2D eigenvalue weighted by Gasteiger charge is -2.22. The van der Waals surface area contributed by atoms with Gasteiger partial charge in [-0.25, -0.2) is 4.79 Å². The zero-order valence-electron chi connectivity index (χ0n) is 14.4. The van der Waals surface area contributed by atoms with E-state index >= 15 is 0 Å². The Kier molecular flexibility index (Phi) is 5.03. The molecule has 1 aromatic rings. The Hall–Kier alpha value is -2.41. The zero-order valence-corrected chi connectivity index (χ0v) is 14.4. The zero-order chi connectivity index (χ0) is 18.0. The molecule has 2 aliphatic heterocycles. The quantitative estimate of drug-likeness (QED) is 0.763. The summed E-state index contributed by atoms with van der Waals surface area (Å²) in [6.45, 7) is 1.50. The molecule has 2 unspecified atom stereocenters. The molecule has 7 heteroatoms. The topological polar surface area (TPSA) is 76.2 Å². The molecule has 2 aliphatic rings. The van der Waals surface area contributed by atoms with E-state index in [1.807, 2.05) is 0 Å². The van der Waals surface area contributed by atoms with Gasteiger partial charge in [0, 0.05) is 33.2 Å². The number of rotatable bonds is 4. The fraction of sp³-hybridized carbons (Fsp3) is 0.500. The monoisotopic (exact) mass is 346 g/mol. The van der Waals surface area contributed by atoms with Gasteiger partial charge in [-0.3, -0.25) is 9.59 Å². The first kappa shape index (κ1) is 17.4. The molecule has 134 valence electrons. The van der Waals surface area contributed by atoms with E-state index in [0.717, 1.165) is 6.42 Å². The van der Waals surface area contributed by atoms with E-state index in [0.29, 0.717) is 24.3 Å². The van der Waals surface area contributed by atoms with Crippen molar-refractivity contribution in [2.24, 2.45) is 5.92 Å². The number of amides is 2. The third-order valence-corrected chi connectivity index (χ3v) is 4.86. The summed E-state index contributed by atoms with van der Waals surface area (Å²) >= 11 is 0. The van der Waals surface area contributed by atoms with Crippen molar-refractivity contribution in [2.75, 3.05) is 38.8 Å². The minimum atomic E-state index is -0.499. The number of carbonyl (C=O) groups excluding carboxylic acids is 3. The van der Waals surface area contributed by atoms with E-state index < -0.39 is 11.9 Å². The molecule has 0 bridgehead atoms. The Balaban J connectivity index is 1.75. The molecule has 2 fully saturated rings. The highest BCUT2D eigenvalue weighted by Crippen LogP contribution is 2.30. The van der Waals surface area contributed by atoms with Crippen LogP contribution in [0, 0.1) is 5.92 Å². The summed E-state index contributed by atoms with van der Waals surface area (Å²) in [7, 11) is 2.94. The second-order valence-corrected chi connectivity index (χ2v) is 6.34. The Morgan fingerprint density at radius 2 is 1.92 bits per heavy atom. The maximum absolute atomic E-state index is 12.7. The van der Waals surface area contributed by atoms with Gasteiger partial charge in [0.1, 0.15) is 0 Å². The molecular formula is C18H22N2O5. The lowest BCUT2D eigenvalue weighted by Crippen LogP contribution is -2.36. The summed E-state index contributed by atoms with van der Waals surface area (Å²) in [5.41, 5.74) is 0.818. The molecular weight excluding hydrogens is 324 g/mol. The number of benzene rings is 1. The van der Waals surface area contributed by atoms with E-state index in [1.54, 1.807) is 36.3 Å². The molecule has 0 radical (unpaired) electrons. The summed E-state index contributed by atoms with van der Waals surface area (Å²) in [5, 5.41) is 0. The van der Waals surface area contributed by atoms with Gasteiger partial charge in [0.15, 0.2) is 0 Å². The maximum Gasteiger partial charge on any atom is 0.339 e. The number of esters is 1. The van der Waals surface area contributed by atoms with Crippen LogP contribution < -0.4 is 4.90 Å². The molecule has 2 amide bonds. The molecule has 0 spiro atoms. The molecule has 7 nitrogen and oxygen atoms in total. The molecule has 0 N–H and O–H groups in total. The lowest BCUT2D eigenvalue weighted by molar-refractivity contribution is -0.135. The first-order chi connectivity index (χ1) is 12.0. The summed E-state index contributed by atoms with van der Waals surface area (Å²) in [5.74, 6) is -1.07. The molecule has 0 saturated carbocycles. The number of ether oxygens (including phenoxy) is 2. The number of methoxy groups -OCH3 is 2. The Morgan fingerprint density at radius 1 is 1.16 bits per heavy atom. The van der Waals surface area contributed by atoms with Crippen LogP contribution in [0.25, 0.3) is 0 Å². The average Bonchev–Trinajstić information content (AvgIpc) is 3.27. The number of para-hydroxylation sites is 1. The molecule has 2 heterocycles. The number of carbonyl (C=O) groups is 3. The van der Waals surface area contributed by atoms with Crippen LogP contribution in [0.1, 0.15) is 23.2 Å². The minimum Gasteiger partial charge on any atom is -0.465 e. The van der Waals surface area contributed by atoms with Crippen LogP contribution >= 0.6 is 0 Å². The fourth-order valence-corrected chi connectivity index (χ4v) is 3.48. The van der Waals surface area contributed by atoms with Gasteiger partial charge in [0.25, 0.3) is 0 Å². The predicted molar refractivity (Wildman–Crippen MR) is 90.2 cm³/mol. The molecule has 2 saturated heterocycles. The van der Waals surface area contributed by atoms with Crippen molar-refractivity contribution in [3.8, 4) is 0 Å². The predicted octanol–water partition coefficient (Wildman–Crippen LogP) is 1.07. The fourth-order valence-electron chi connectivity index (χ4n) is 3.48. The SMILES string of the molecule is COC(=O)c1ccccc1N1CC(C(=O)N2CCC(OC)C2)CC1=O. The summed E-state index contributed by atoms with van der Waals surface area (Å²) in [6.07, 6.45) is 1.04. The van der Waals surface area contributed by atoms with Gasteiger partial charge in [0.2, 0.25) is 11.8 Å². The van der Waals surface area contributed by atoms with Crippen molar-refractivity contribution in [2.45, 2.75) is 18.9 Å². The molecule has 0 aliphatic carbocycles. The van der Waals surface area contributed by atoms with E-state index in [9.17, 15) is 14.4 Å². The highest BCUT2D eigenvalue weighted by molar-refractivity contribution is 6.05. The van der Waals surface area contributed by atoms with E-state index in [4.69, 9.17) is 9.47 Å². The van der Waals surface area contributed by atoms with Crippen LogP contribution in [0.3, 0.4) is 0 Å². The Bertz CT molecular complexity index is 690. The summed E-state index contributed by atoms with van der Waals surface area (Å²) < 4.78 is 10.1. The lowest BCUT2D eigenvalue weighted by atomic mass is 10.1. The van der Waals surface area contributed by atoms with Crippen LogP contribution in [-0.4, -0.2) is 62.6 Å². The van der Waals surface area contributed by atoms with E-state index in [2.05, 4.69) is 0 Å². The van der Waals surface area contributed by atoms with Crippen molar-refractivity contribution >= 4 is 23.5 Å². The van der Waals surface area contributed by atoms with Crippen LogP contribution in [0.4, 0.5) is 5.69 Å². The third-order valence-electron chi connectivity index (χ3n) is 4.86. The van der Waals surface area contributed by atoms with Crippen LogP contribution in [0.15, 0.2) is 24.3 Å². The van der Waals surface area contributed by atoms with Gasteiger partial charge < -0.3 is 19.3 Å². The second-order valence-electron chi connectivity index (χ2n) is 6.34. The van der Waals surface area contributed by atoms with Gasteiger partial charge in [-0.1, -0.05) is 12.1 Å². The number of hydrogen-bond donors (Lipinski definition) is 0. The molecule has 3 rings (SSSR count). The molecule has 25 heavy (non-hydrogen) atoms. The average molecular weight is 346 g/mol. The van der Waals surface area contributed by atoms with E-state index in [-0.39, 0.29) is 30.9 Å². The Morgan fingerprint density at radius 3 is 2.60 bits per heavy atom. The first-order valence-corrected chi connectivity index (χ1v) is 8.34. The standard InChI is InChI=1S/C18H22N2O5/c1-24-13-7-8-19(11-13)17(22)12-9-16(21)20(10-12)15-6-4-3-5-14(15)18(23)25-2/h3-6,12-13H,7-11H2,1-2H3. The van der Waals surface area contributed by atoms with Gasteiger partial charge in [-0.2, -0.15) is 0 Å². The van der Waals surface area contributed by atoms with Gasteiger partial charge in [-0.15, -0.1) is 0 Å². The number of likely N-dealkylation sites (tertiary alicyclic amines) is 1. The van der Waals surface area contributed by atoms with Crippen molar-refractivity contribution in [1.29, 1.82) is 0 Å². The van der Waals surface area contributed by atoms with Crippen LogP contribution in [0.2, 0.25) is 0 Å². The van der Waals surface area contributed by atoms with Crippen molar-refractivity contribution in [3.63, 3.8) is 0 Å². The van der Waals surface area contributed by atoms with Crippen molar-refractivity contribution in [3.05, 3.63) is 29.8 Å². The first-order valence-electron chi connectivity index (χ1n) is 8.34. The Labute approximate surface area is 146 Å². The van der Waals surface area contributed by atoms with Gasteiger partial charge >= 0.3 is 5.97 Å². The van der Waals surface area contributed by atoms with Crippen LogP contribution in [0.5, 0.6) is 0 Å². The van der Waals surface area contributed by atoms with Crippen molar-refractivity contribution in [1.82, 2.24) is 4.90 Å². The molecule has 0 aromatic heterocycles. The smallest absolute Gasteiger partial charge is 0.339 e. The largest absolute Gasteiger partial charge is 0.465 e. The summed E-state index contributed by atoms with van der Waals surface area (Å²) in [6, 6.07) is 6.79. The highest BCUT2D eigenvalue weighted by Gasteiger charge is 2.40. The second kappa shape index (κ2) is 7.23. The number of nitrogens with zero attached hydrogens (tertiary/aromatic N) is 2. The van der Waals surface area contributed by atoms with Gasteiger partial charge in [-0.05, 0) is 18.6 Å². The highest BCUT2D eigenvalue weighted by atomic mass is 16.5. The molecule has 2 atom stereocenters.